The Morgan fingerprint density at radius 3 is 0.868 bits per heavy atom. The molecule has 29 nitrogen and oxygen atoms in total. The summed E-state index contributed by atoms with van der Waals surface area (Å²) in [6.45, 7) is 5.48. The smallest absolute Gasteiger partial charge is 0.449 e. The van der Waals surface area contributed by atoms with Gasteiger partial charge in [0.05, 0.1) is 65.9 Å². The van der Waals surface area contributed by atoms with E-state index in [1.165, 1.54) is 18.2 Å². The van der Waals surface area contributed by atoms with Crippen molar-refractivity contribution in [2.24, 2.45) is 15.0 Å². The Hall–Kier alpha value is -7.81. The number of ether oxygens (including phenoxy) is 8. The van der Waals surface area contributed by atoms with Gasteiger partial charge in [0, 0.05) is 39.3 Å². The molecule has 0 atom stereocenters. The van der Waals surface area contributed by atoms with Crippen molar-refractivity contribution < 1.29 is 90.6 Å². The first-order valence-electron chi connectivity index (χ1n) is 32.8. The Bertz CT molecular complexity index is 2150. The first-order valence-corrected chi connectivity index (χ1v) is 32.8. The number of imide groups is 3. The van der Waals surface area contributed by atoms with Crippen LogP contribution in [-0.4, -0.2) is 193 Å². The molecule has 516 valence electrons. The van der Waals surface area contributed by atoms with Gasteiger partial charge in [-0.1, -0.05) is 57.8 Å². The molecule has 0 spiro atoms. The summed E-state index contributed by atoms with van der Waals surface area (Å²) in [4.78, 5) is 147. The van der Waals surface area contributed by atoms with Gasteiger partial charge in [-0.2, -0.15) is 5.26 Å². The predicted molar refractivity (Wildman–Crippen MR) is 333 cm³/mol. The van der Waals surface area contributed by atoms with E-state index >= 15 is 0 Å². The minimum absolute atomic E-state index is 0.0521. The van der Waals surface area contributed by atoms with Crippen LogP contribution in [0.25, 0.3) is 0 Å². The molecule has 0 fully saturated rings. The van der Waals surface area contributed by atoms with Crippen LogP contribution in [-0.2, 0) is 52.3 Å². The summed E-state index contributed by atoms with van der Waals surface area (Å²) in [6.07, 6.45) is 23.5. The molecule has 0 saturated carbocycles. The van der Waals surface area contributed by atoms with E-state index in [9.17, 15) is 52.7 Å². The summed E-state index contributed by atoms with van der Waals surface area (Å²) < 4.78 is 41.2. The van der Waals surface area contributed by atoms with Gasteiger partial charge in [0.1, 0.15) is 6.61 Å². The second-order valence-corrected chi connectivity index (χ2v) is 21.1. The van der Waals surface area contributed by atoms with Gasteiger partial charge in [-0.25, -0.2) is 82.4 Å². The molecule has 0 heterocycles. The summed E-state index contributed by atoms with van der Waals surface area (Å²) in [7, 11) is 0. The van der Waals surface area contributed by atoms with Gasteiger partial charge in [0.2, 0.25) is 18.2 Å². The molecule has 0 unspecified atom stereocenters. The van der Waals surface area contributed by atoms with Crippen LogP contribution in [0.4, 0.5) is 38.4 Å². The van der Waals surface area contributed by atoms with E-state index in [0.717, 1.165) is 85.3 Å². The van der Waals surface area contributed by atoms with Crippen LogP contribution in [0.5, 0.6) is 0 Å². The molecule has 0 saturated heterocycles. The van der Waals surface area contributed by atoms with Crippen molar-refractivity contribution in [3.8, 4) is 6.26 Å². The number of unbranched alkanes of at least 4 members (excludes halogenated alkanes) is 24. The van der Waals surface area contributed by atoms with Crippen molar-refractivity contribution in [3.05, 3.63) is 0 Å². The Morgan fingerprint density at radius 1 is 0.330 bits per heavy atom. The van der Waals surface area contributed by atoms with E-state index in [4.69, 9.17) is 43.2 Å². The minimum Gasteiger partial charge on any atom is -0.449 e. The van der Waals surface area contributed by atoms with E-state index in [0.29, 0.717) is 181 Å². The van der Waals surface area contributed by atoms with Gasteiger partial charge in [0.25, 0.3) is 6.26 Å². The topological polar surface area (TPSA) is 368 Å². The maximum absolute atomic E-state index is 13.3. The highest BCUT2D eigenvalue weighted by Gasteiger charge is 2.25. The number of carbonyl (C=O) groups excluding carboxylic acids is 11. The van der Waals surface area contributed by atoms with Crippen molar-refractivity contribution in [3.63, 3.8) is 0 Å². The van der Waals surface area contributed by atoms with E-state index in [1.54, 1.807) is 13.2 Å². The lowest BCUT2D eigenvalue weighted by Gasteiger charge is -2.22. The SMILES string of the molecule is CCOC(=O)OCCCCCCOC(=O)N(CCCCCCN(C(=O)NCCCCCCN=C=O)C(=O)OCCCCCCOC(=O)OCCCCCCOC(=O)N(CCCCCCOC#N)C(=O)NCCCCCCN=C=O)C(=O)NCCCCCCN=C=O. The molecular formula is C62H104N10O19. The van der Waals surface area contributed by atoms with Crippen molar-refractivity contribution >= 4 is 66.9 Å². The van der Waals surface area contributed by atoms with E-state index in [-0.39, 0.29) is 65.9 Å². The zero-order valence-electron chi connectivity index (χ0n) is 54.0. The number of aliphatic imine (C=N–C) groups is 3. The van der Waals surface area contributed by atoms with Gasteiger partial charge in [-0.3, -0.25) is 0 Å². The van der Waals surface area contributed by atoms with Gasteiger partial charge in [-0.05, 0) is 155 Å². The van der Waals surface area contributed by atoms with Crippen molar-refractivity contribution in [1.82, 2.24) is 30.7 Å². The van der Waals surface area contributed by atoms with Crippen LogP contribution in [0.2, 0.25) is 0 Å². The highest BCUT2D eigenvalue weighted by Crippen LogP contribution is 2.12. The first-order chi connectivity index (χ1) is 44.5. The number of isocyanates is 3. The summed E-state index contributed by atoms with van der Waals surface area (Å²) in [5, 5.41) is 16.9. The summed E-state index contributed by atoms with van der Waals surface area (Å²) in [6, 6.07) is -1.73. The molecule has 3 N–H and O–H groups in total. The van der Waals surface area contributed by atoms with E-state index in [1.807, 2.05) is 0 Å². The van der Waals surface area contributed by atoms with Crippen LogP contribution in [0, 0.1) is 11.5 Å². The maximum Gasteiger partial charge on any atom is 0.508 e. The third-order valence-corrected chi connectivity index (χ3v) is 13.7. The summed E-state index contributed by atoms with van der Waals surface area (Å²) in [5.74, 6) is 0. The molecule has 0 rings (SSSR count). The predicted octanol–water partition coefficient (Wildman–Crippen LogP) is 11.7. The van der Waals surface area contributed by atoms with Gasteiger partial charge in [-0.15, -0.1) is 0 Å². The van der Waals surface area contributed by atoms with Crippen LogP contribution in [0.3, 0.4) is 0 Å². The zero-order chi connectivity index (χ0) is 66.7. The number of nitrogens with zero attached hydrogens (tertiary/aromatic N) is 7. The molecule has 0 bridgehead atoms. The zero-order valence-corrected chi connectivity index (χ0v) is 54.0. The Kier molecular flexibility index (Phi) is 58.3. The number of urea groups is 3. The Balaban J connectivity index is 4.92. The first kappa shape index (κ1) is 83.2. The average molecular weight is 1290 g/mol. The fourth-order valence-corrected chi connectivity index (χ4v) is 8.63. The number of carbonyl (C=O) groups is 8. The van der Waals surface area contributed by atoms with Crippen LogP contribution in [0.1, 0.15) is 212 Å². The second-order valence-electron chi connectivity index (χ2n) is 21.1. The molecular weight excluding hydrogens is 1190 g/mol. The van der Waals surface area contributed by atoms with Gasteiger partial charge >= 0.3 is 48.7 Å². The maximum atomic E-state index is 13.3. The second kappa shape index (κ2) is 63.7. The Labute approximate surface area is 537 Å². The average Bonchev–Trinajstić information content (AvgIpc) is 3.75. The van der Waals surface area contributed by atoms with Crippen molar-refractivity contribution in [2.75, 3.05) is 112 Å². The number of rotatable bonds is 57. The standard InChI is InChI=1S/C62H104N10O19/c1-2-85-61(82)89-48-32-16-13-29-45-86-58(79)70(55(76)67-38-22-6-3-19-35-64-52-73)41-25-9-10-26-42-71(56(77)68-39-23-7-4-20-36-65-53-74)59(80)87-46-30-14-17-33-49-90-62(83)91-50-34-18-15-31-47-88-60(81)72(43-27-11-12-28-44-84-51-63)57(78)69-40-24-8-5-21-37-66-54-75/h2-50H2,1H3,(H,67,76)(H,68,77)(H,69,78). The van der Waals surface area contributed by atoms with Crippen LogP contribution in [0.15, 0.2) is 15.0 Å². The fraction of sp³-hybridized carbons (Fsp3) is 0.806. The molecule has 0 aromatic heterocycles. The number of nitrogens with one attached hydrogen (secondary N) is 3. The molecule has 0 aliphatic rings. The van der Waals surface area contributed by atoms with E-state index < -0.39 is 48.7 Å². The molecule has 0 aliphatic carbocycles. The summed E-state index contributed by atoms with van der Waals surface area (Å²) >= 11 is 0. The molecule has 91 heavy (non-hydrogen) atoms. The lowest BCUT2D eigenvalue weighted by atomic mass is 10.2. The van der Waals surface area contributed by atoms with Crippen molar-refractivity contribution in [1.29, 1.82) is 5.26 Å². The monoisotopic (exact) mass is 1290 g/mol. The summed E-state index contributed by atoms with van der Waals surface area (Å²) in [5.41, 5.74) is 0. The molecule has 9 amide bonds. The normalized spacial score (nSPS) is 10.3. The third-order valence-electron chi connectivity index (χ3n) is 13.7. The van der Waals surface area contributed by atoms with Gasteiger partial charge < -0.3 is 53.8 Å². The highest BCUT2D eigenvalue weighted by atomic mass is 16.7. The molecule has 29 heteroatoms. The number of amides is 9. The number of hydrogen-bond acceptors (Lipinski definition) is 23. The Morgan fingerprint density at radius 2 is 0.582 bits per heavy atom. The molecule has 0 radical (unpaired) electrons. The number of hydrogen-bond donors (Lipinski definition) is 3. The van der Waals surface area contributed by atoms with E-state index in [2.05, 4.69) is 30.9 Å². The quantitative estimate of drug-likeness (QED) is 0.0127. The molecule has 0 aromatic rings. The van der Waals surface area contributed by atoms with Crippen LogP contribution >= 0.6 is 0 Å². The van der Waals surface area contributed by atoms with Crippen LogP contribution < -0.4 is 16.0 Å². The van der Waals surface area contributed by atoms with Gasteiger partial charge in [0.15, 0.2) is 0 Å². The fourth-order valence-electron chi connectivity index (χ4n) is 8.63. The molecule has 0 aromatic carbocycles. The lowest BCUT2D eigenvalue weighted by Crippen LogP contribution is -2.45. The third kappa shape index (κ3) is 52.7. The lowest BCUT2D eigenvalue weighted by molar-refractivity contribution is 0.0522. The minimum atomic E-state index is -0.799. The largest absolute Gasteiger partial charge is 0.508 e. The number of nitriles is 1. The highest BCUT2D eigenvalue weighted by molar-refractivity contribution is 5.92. The van der Waals surface area contributed by atoms with Crippen molar-refractivity contribution in [2.45, 2.75) is 212 Å². The molecule has 0 aliphatic heterocycles.